The highest BCUT2D eigenvalue weighted by Crippen LogP contribution is 2.29. The summed E-state index contributed by atoms with van der Waals surface area (Å²) in [4.78, 5) is 25.2. The molecule has 186 valence electrons. The molecule has 7 nitrogen and oxygen atoms in total. The van der Waals surface area contributed by atoms with E-state index in [1.165, 1.54) is 16.7 Å². The number of benzene rings is 1. The Morgan fingerprint density at radius 2 is 1.91 bits per heavy atom. The van der Waals surface area contributed by atoms with Crippen LogP contribution in [0.15, 0.2) is 41.2 Å². The van der Waals surface area contributed by atoms with Crippen LogP contribution in [0.4, 0.5) is 0 Å². The molecule has 0 saturated heterocycles. The summed E-state index contributed by atoms with van der Waals surface area (Å²) >= 11 is 6.28. The second-order valence-electron chi connectivity index (χ2n) is 10.2. The van der Waals surface area contributed by atoms with E-state index in [1.54, 1.807) is 24.3 Å². The fourth-order valence-electron chi connectivity index (χ4n) is 3.84. The average Bonchev–Trinajstić information content (AvgIpc) is 2.77. The fourth-order valence-corrected chi connectivity index (χ4v) is 4.80. The van der Waals surface area contributed by atoms with Gasteiger partial charge in [-0.3, -0.25) is 14.2 Å². The molecule has 0 atom stereocenters. The maximum Gasteiger partial charge on any atom is 0.255 e. The molecule has 0 bridgehead atoms. The van der Waals surface area contributed by atoms with E-state index in [0.717, 1.165) is 25.3 Å². The highest BCUT2D eigenvalue weighted by atomic mass is 35.5. The Morgan fingerprint density at radius 1 is 1.18 bits per heavy atom. The number of nitrogens with one attached hydrogen (secondary N) is 1. The first-order valence-corrected chi connectivity index (χ1v) is 15.9. The Balaban J connectivity index is 1.69. The number of carbonyl (C=O) groups is 1. The zero-order valence-electron chi connectivity index (χ0n) is 20.2. The number of aromatic nitrogens is 1. The summed E-state index contributed by atoms with van der Waals surface area (Å²) in [5.74, 6) is 0.299. The molecule has 1 amide bonds. The minimum absolute atomic E-state index is 0.0823. The van der Waals surface area contributed by atoms with E-state index in [1.807, 2.05) is 0 Å². The molecule has 1 aromatic carbocycles. The average molecular weight is 507 g/mol. The van der Waals surface area contributed by atoms with E-state index in [4.69, 9.17) is 21.1 Å². The summed E-state index contributed by atoms with van der Waals surface area (Å²) in [5.41, 5.74) is -0.864. The molecule has 2 aromatic rings. The lowest BCUT2D eigenvalue weighted by Crippen LogP contribution is -2.44. The van der Waals surface area contributed by atoms with Crippen LogP contribution in [0.1, 0.15) is 42.5 Å². The molecular formula is C25H35ClN2O5Si. The summed E-state index contributed by atoms with van der Waals surface area (Å²) < 4.78 is 13.1. The lowest BCUT2D eigenvalue weighted by atomic mass is 9.85. The van der Waals surface area contributed by atoms with Crippen molar-refractivity contribution >= 4 is 25.6 Å². The highest BCUT2D eigenvalue weighted by Gasteiger charge is 2.29. The molecule has 3 rings (SSSR count). The van der Waals surface area contributed by atoms with Crippen molar-refractivity contribution in [3.8, 4) is 11.6 Å². The third kappa shape index (κ3) is 7.70. The maximum absolute atomic E-state index is 12.8. The van der Waals surface area contributed by atoms with Crippen LogP contribution in [0.2, 0.25) is 30.7 Å². The minimum atomic E-state index is -1.24. The number of rotatable bonds is 10. The van der Waals surface area contributed by atoms with Crippen molar-refractivity contribution < 1.29 is 19.4 Å². The van der Waals surface area contributed by atoms with Gasteiger partial charge in [-0.2, -0.15) is 0 Å². The van der Waals surface area contributed by atoms with Crippen molar-refractivity contribution in [1.82, 2.24) is 9.88 Å². The van der Waals surface area contributed by atoms with Crippen molar-refractivity contribution in [2.24, 2.45) is 0 Å². The van der Waals surface area contributed by atoms with Crippen LogP contribution < -0.4 is 15.6 Å². The van der Waals surface area contributed by atoms with E-state index >= 15 is 0 Å². The van der Waals surface area contributed by atoms with E-state index < -0.39 is 13.7 Å². The predicted octanol–water partition coefficient (Wildman–Crippen LogP) is 5.03. The molecule has 9 heteroatoms. The number of ether oxygens (including phenoxy) is 2. The molecule has 1 aliphatic rings. The Hall–Kier alpha value is -2.13. The van der Waals surface area contributed by atoms with Crippen molar-refractivity contribution in [1.29, 1.82) is 0 Å². The van der Waals surface area contributed by atoms with E-state index in [2.05, 4.69) is 25.0 Å². The molecule has 34 heavy (non-hydrogen) atoms. The first-order chi connectivity index (χ1) is 16.1. The predicted molar refractivity (Wildman–Crippen MR) is 137 cm³/mol. The van der Waals surface area contributed by atoms with Crippen LogP contribution in [-0.4, -0.2) is 42.4 Å². The number of hydrogen-bond acceptors (Lipinski definition) is 5. The monoisotopic (exact) mass is 506 g/mol. The van der Waals surface area contributed by atoms with Gasteiger partial charge in [0.1, 0.15) is 12.5 Å². The Kier molecular flexibility index (Phi) is 8.98. The molecule has 0 spiro atoms. The van der Waals surface area contributed by atoms with Gasteiger partial charge in [0.15, 0.2) is 0 Å². The number of carbonyl (C=O) groups excluding carboxylic acids is 1. The largest absolute Gasteiger partial charge is 0.441 e. The summed E-state index contributed by atoms with van der Waals surface area (Å²) in [5, 5.41) is 13.7. The number of amides is 1. The lowest BCUT2D eigenvalue weighted by Gasteiger charge is -2.32. The second-order valence-corrected chi connectivity index (χ2v) is 16.2. The molecule has 1 aromatic heterocycles. The van der Waals surface area contributed by atoms with E-state index in [0.29, 0.717) is 31.1 Å². The van der Waals surface area contributed by atoms with Gasteiger partial charge in [0.05, 0.1) is 16.2 Å². The molecule has 0 radical (unpaired) electrons. The SMILES string of the molecule is C[Si](C)(C)CCOCn1c(Oc2ccc(Cl)c(C(=O)NCC3(O)CCCCC3)c2)cccc1=O. The first-order valence-electron chi connectivity index (χ1n) is 11.8. The second kappa shape index (κ2) is 11.5. The maximum atomic E-state index is 12.8. The van der Waals surface area contributed by atoms with Crippen molar-refractivity contribution in [3.05, 3.63) is 57.3 Å². The van der Waals surface area contributed by atoms with Gasteiger partial charge in [-0.05, 0) is 43.2 Å². The van der Waals surface area contributed by atoms with Crippen LogP contribution in [0.25, 0.3) is 0 Å². The van der Waals surface area contributed by atoms with Crippen molar-refractivity contribution in [2.45, 2.75) is 70.1 Å². The quantitative estimate of drug-likeness (QED) is 0.348. The molecule has 1 aliphatic carbocycles. The van der Waals surface area contributed by atoms with E-state index in [9.17, 15) is 14.7 Å². The Bertz CT molecular complexity index is 1040. The molecule has 1 saturated carbocycles. The smallest absolute Gasteiger partial charge is 0.255 e. The number of pyridine rings is 1. The molecule has 0 aliphatic heterocycles. The van der Waals surface area contributed by atoms with Crippen LogP contribution in [0.3, 0.4) is 0 Å². The number of hydrogen-bond donors (Lipinski definition) is 2. The van der Waals surface area contributed by atoms with Gasteiger partial charge >= 0.3 is 0 Å². The van der Waals surface area contributed by atoms with E-state index in [-0.39, 0.29) is 35.3 Å². The van der Waals surface area contributed by atoms with Gasteiger partial charge in [-0.25, -0.2) is 0 Å². The summed E-state index contributed by atoms with van der Waals surface area (Å²) in [6, 6.07) is 10.5. The lowest BCUT2D eigenvalue weighted by molar-refractivity contribution is 0.00525. The normalized spacial score (nSPS) is 15.7. The van der Waals surface area contributed by atoms with Crippen molar-refractivity contribution in [2.75, 3.05) is 13.2 Å². The number of halogens is 1. The fraction of sp³-hybridized carbons (Fsp3) is 0.520. The molecule has 0 unspecified atom stereocenters. The molecular weight excluding hydrogens is 472 g/mol. The van der Waals surface area contributed by atoms with Gasteiger partial charge in [-0.1, -0.05) is 56.6 Å². The van der Waals surface area contributed by atoms with Crippen LogP contribution in [0, 0.1) is 0 Å². The van der Waals surface area contributed by atoms with Gasteiger partial charge in [0.25, 0.3) is 11.5 Å². The highest BCUT2D eigenvalue weighted by molar-refractivity contribution is 6.76. The van der Waals surface area contributed by atoms with Gasteiger partial charge in [0.2, 0.25) is 5.88 Å². The topological polar surface area (TPSA) is 89.8 Å². The third-order valence-corrected chi connectivity index (χ3v) is 8.03. The van der Waals surface area contributed by atoms with Crippen LogP contribution >= 0.6 is 11.6 Å². The van der Waals surface area contributed by atoms with Gasteiger partial charge < -0.3 is 19.9 Å². The van der Waals surface area contributed by atoms with Crippen LogP contribution in [-0.2, 0) is 11.5 Å². The first kappa shape index (κ1) is 26.5. The van der Waals surface area contributed by atoms with Gasteiger partial charge in [0, 0.05) is 27.3 Å². The van der Waals surface area contributed by atoms with Crippen molar-refractivity contribution in [3.63, 3.8) is 0 Å². The number of nitrogens with zero attached hydrogens (tertiary/aromatic N) is 1. The third-order valence-electron chi connectivity index (χ3n) is 5.99. The summed E-state index contributed by atoms with van der Waals surface area (Å²) in [7, 11) is -1.24. The zero-order chi connectivity index (χ0) is 24.8. The molecule has 1 heterocycles. The summed E-state index contributed by atoms with van der Waals surface area (Å²) in [6.07, 6.45) is 4.37. The van der Waals surface area contributed by atoms with Gasteiger partial charge in [-0.15, -0.1) is 0 Å². The molecule has 2 N–H and O–H groups in total. The minimum Gasteiger partial charge on any atom is -0.441 e. The Morgan fingerprint density at radius 3 is 2.62 bits per heavy atom. The van der Waals surface area contributed by atoms with Crippen LogP contribution in [0.5, 0.6) is 11.6 Å². The standard InChI is InChI=1S/C25H35ClN2O5Si/c1-34(2,3)15-14-32-18-28-22(29)8-7-9-23(28)33-19-10-11-21(26)20(16-19)24(30)27-17-25(31)12-5-4-6-13-25/h7-11,16,31H,4-6,12-15,17-18H2,1-3H3,(H,27,30). The zero-order valence-corrected chi connectivity index (χ0v) is 22.0. The summed E-state index contributed by atoms with van der Waals surface area (Å²) in [6.45, 7) is 7.64. The molecule has 1 fully saturated rings. The Labute approximate surface area is 207 Å². The number of aliphatic hydroxyl groups is 1.